The van der Waals surface area contributed by atoms with Crippen LogP contribution < -0.4 is 24.4 Å². The number of carbonyl (C=O) groups is 2. The maximum Gasteiger partial charge on any atom is 0.270 e. The molecule has 1 saturated heterocycles. The van der Waals surface area contributed by atoms with Crippen LogP contribution in [0.4, 0.5) is 11.4 Å². The van der Waals surface area contributed by atoms with Crippen molar-refractivity contribution in [2.45, 2.75) is 6.92 Å². The molecule has 0 aromatic heterocycles. The fourth-order valence-electron chi connectivity index (χ4n) is 3.44. The fraction of sp³-hybridized carbons (Fsp3) is 0.148. The summed E-state index contributed by atoms with van der Waals surface area (Å²) >= 11 is 6.68. The number of thiocarbonyl (C=S) groups is 1. The summed E-state index contributed by atoms with van der Waals surface area (Å²) in [6, 6.07) is 19.9. The van der Waals surface area contributed by atoms with Crippen molar-refractivity contribution in [1.82, 2.24) is 0 Å². The summed E-state index contributed by atoms with van der Waals surface area (Å²) in [5, 5.41) is 2.79. The van der Waals surface area contributed by atoms with E-state index >= 15 is 0 Å². The van der Waals surface area contributed by atoms with Gasteiger partial charge in [-0.1, -0.05) is 47.7 Å². The highest BCUT2D eigenvalue weighted by Gasteiger charge is 2.33. The van der Waals surface area contributed by atoms with Crippen molar-refractivity contribution in [3.05, 3.63) is 82.8 Å². The monoisotopic (exact) mass is 520 g/mol. The van der Waals surface area contributed by atoms with Crippen LogP contribution >= 0.6 is 24.0 Å². The Labute approximate surface area is 219 Å². The lowest BCUT2D eigenvalue weighted by Crippen LogP contribution is -2.27. The summed E-state index contributed by atoms with van der Waals surface area (Å²) in [5.41, 5.74) is 3.21. The van der Waals surface area contributed by atoms with E-state index in [1.807, 2.05) is 31.2 Å². The number of nitrogens with one attached hydrogen (secondary N) is 1. The highest BCUT2D eigenvalue weighted by molar-refractivity contribution is 8.27. The molecule has 3 aromatic rings. The van der Waals surface area contributed by atoms with Crippen LogP contribution in [-0.2, 0) is 9.59 Å². The van der Waals surface area contributed by atoms with Crippen molar-refractivity contribution in [3.8, 4) is 17.2 Å². The van der Waals surface area contributed by atoms with E-state index in [9.17, 15) is 9.59 Å². The molecular weight excluding hydrogens is 496 g/mol. The smallest absolute Gasteiger partial charge is 0.270 e. The second kappa shape index (κ2) is 11.3. The Morgan fingerprint density at radius 1 is 1.00 bits per heavy atom. The number of hydrogen-bond acceptors (Lipinski definition) is 7. The van der Waals surface area contributed by atoms with Crippen molar-refractivity contribution < 1.29 is 23.8 Å². The van der Waals surface area contributed by atoms with Crippen LogP contribution in [0.3, 0.4) is 0 Å². The third-order valence-electron chi connectivity index (χ3n) is 5.30. The van der Waals surface area contributed by atoms with Crippen molar-refractivity contribution in [2.75, 3.05) is 31.0 Å². The molecule has 0 unspecified atom stereocenters. The highest BCUT2D eigenvalue weighted by atomic mass is 32.2. The van der Waals surface area contributed by atoms with Crippen LogP contribution in [0.5, 0.6) is 17.2 Å². The topological polar surface area (TPSA) is 77.1 Å². The second-order valence-corrected chi connectivity index (χ2v) is 9.50. The summed E-state index contributed by atoms with van der Waals surface area (Å²) in [7, 11) is 3.10. The average molecular weight is 521 g/mol. The molecule has 0 radical (unpaired) electrons. The Morgan fingerprint density at radius 3 is 2.39 bits per heavy atom. The van der Waals surface area contributed by atoms with Gasteiger partial charge in [-0.15, -0.1) is 0 Å². The minimum absolute atomic E-state index is 0.176. The summed E-state index contributed by atoms with van der Waals surface area (Å²) in [6.07, 6.45) is 1.75. The van der Waals surface area contributed by atoms with E-state index < -0.39 is 0 Å². The summed E-state index contributed by atoms with van der Waals surface area (Å²) in [4.78, 5) is 27.3. The lowest BCUT2D eigenvalue weighted by Gasteiger charge is -2.14. The Bertz CT molecular complexity index is 1320. The van der Waals surface area contributed by atoms with Crippen molar-refractivity contribution in [3.63, 3.8) is 0 Å². The summed E-state index contributed by atoms with van der Waals surface area (Å²) < 4.78 is 16.8. The predicted molar refractivity (Wildman–Crippen MR) is 147 cm³/mol. The molecule has 2 amide bonds. The van der Waals surface area contributed by atoms with Gasteiger partial charge in [0.05, 0.1) is 24.8 Å². The Hall–Kier alpha value is -3.82. The number of anilines is 2. The first-order valence-corrected chi connectivity index (χ1v) is 12.2. The molecule has 184 valence electrons. The molecule has 9 heteroatoms. The molecule has 1 heterocycles. The molecule has 0 aliphatic carbocycles. The minimum Gasteiger partial charge on any atom is -0.497 e. The van der Waals surface area contributed by atoms with E-state index in [1.54, 1.807) is 55.7 Å². The first-order chi connectivity index (χ1) is 17.4. The van der Waals surface area contributed by atoms with Crippen LogP contribution in [0.2, 0.25) is 0 Å². The van der Waals surface area contributed by atoms with E-state index in [0.717, 1.165) is 11.1 Å². The molecule has 3 aromatic carbocycles. The Morgan fingerprint density at radius 2 is 1.72 bits per heavy atom. The Kier molecular flexibility index (Phi) is 7.92. The predicted octanol–water partition coefficient (Wildman–Crippen LogP) is 5.44. The third-order valence-corrected chi connectivity index (χ3v) is 6.61. The van der Waals surface area contributed by atoms with Gasteiger partial charge in [-0.25, -0.2) is 0 Å². The standard InChI is InChI=1S/C27H24N2O5S2/c1-17-4-7-19(8-5-17)28-25(30)16-34-22-13-6-18(14-23(22)33-3)15-24-26(31)29(27(35)36-24)20-9-11-21(32-2)12-10-20/h4-15H,16H2,1-3H3,(H,28,30)/b24-15-. The van der Waals surface area contributed by atoms with Gasteiger partial charge in [-0.05, 0) is 67.1 Å². The molecule has 1 aliphatic heterocycles. The lowest BCUT2D eigenvalue weighted by molar-refractivity contribution is -0.118. The number of ether oxygens (including phenoxy) is 3. The number of carbonyl (C=O) groups excluding carboxylic acids is 2. The van der Waals surface area contributed by atoms with E-state index in [0.29, 0.717) is 37.8 Å². The van der Waals surface area contributed by atoms with Gasteiger partial charge in [-0.3, -0.25) is 14.5 Å². The molecule has 0 bridgehead atoms. The minimum atomic E-state index is -0.285. The van der Waals surface area contributed by atoms with Crippen LogP contribution in [-0.4, -0.2) is 37.0 Å². The zero-order chi connectivity index (χ0) is 25.7. The first-order valence-electron chi connectivity index (χ1n) is 11.0. The van der Waals surface area contributed by atoms with Crippen LogP contribution in [0.15, 0.2) is 71.6 Å². The number of hydrogen-bond donors (Lipinski definition) is 1. The first kappa shape index (κ1) is 25.3. The van der Waals surface area contributed by atoms with Gasteiger partial charge < -0.3 is 19.5 Å². The number of aryl methyl sites for hydroxylation is 1. The largest absolute Gasteiger partial charge is 0.497 e. The maximum absolute atomic E-state index is 13.1. The molecule has 1 aliphatic rings. The molecular formula is C27H24N2O5S2. The lowest BCUT2D eigenvalue weighted by atomic mass is 10.1. The van der Waals surface area contributed by atoms with Crippen LogP contribution in [0, 0.1) is 6.92 Å². The van der Waals surface area contributed by atoms with Gasteiger partial charge in [-0.2, -0.15) is 0 Å². The molecule has 1 fully saturated rings. The van der Waals surface area contributed by atoms with Gasteiger partial charge in [0.25, 0.3) is 11.8 Å². The number of methoxy groups -OCH3 is 2. The number of benzene rings is 3. The van der Waals surface area contributed by atoms with Gasteiger partial charge >= 0.3 is 0 Å². The third kappa shape index (κ3) is 5.87. The highest BCUT2D eigenvalue weighted by Crippen LogP contribution is 2.37. The number of thioether (sulfide) groups is 1. The van der Waals surface area contributed by atoms with Crippen molar-refractivity contribution in [1.29, 1.82) is 0 Å². The fourth-order valence-corrected chi connectivity index (χ4v) is 4.74. The number of rotatable bonds is 8. The van der Waals surface area contributed by atoms with E-state index in [2.05, 4.69) is 5.32 Å². The molecule has 0 spiro atoms. The van der Waals surface area contributed by atoms with Crippen LogP contribution in [0.1, 0.15) is 11.1 Å². The summed E-state index contributed by atoms with van der Waals surface area (Å²) in [6.45, 7) is 1.80. The number of nitrogens with zero attached hydrogens (tertiary/aromatic N) is 1. The molecule has 0 saturated carbocycles. The van der Waals surface area contributed by atoms with Gasteiger partial charge in [0, 0.05) is 5.69 Å². The van der Waals surface area contributed by atoms with Gasteiger partial charge in [0.1, 0.15) is 5.75 Å². The van der Waals surface area contributed by atoms with Gasteiger partial charge in [0.2, 0.25) is 0 Å². The maximum atomic E-state index is 13.1. The van der Waals surface area contributed by atoms with Crippen LogP contribution in [0.25, 0.3) is 6.08 Å². The molecule has 0 atom stereocenters. The zero-order valence-corrected chi connectivity index (χ0v) is 21.6. The van der Waals surface area contributed by atoms with Crippen molar-refractivity contribution in [2.24, 2.45) is 0 Å². The van der Waals surface area contributed by atoms with E-state index in [4.69, 9.17) is 26.4 Å². The molecule has 7 nitrogen and oxygen atoms in total. The number of amides is 2. The molecule has 4 rings (SSSR count). The Balaban J connectivity index is 1.44. The average Bonchev–Trinajstić information content (AvgIpc) is 3.16. The summed E-state index contributed by atoms with van der Waals surface area (Å²) in [5.74, 6) is 1.06. The van der Waals surface area contributed by atoms with E-state index in [-0.39, 0.29) is 18.4 Å². The second-order valence-electron chi connectivity index (χ2n) is 7.83. The van der Waals surface area contributed by atoms with Gasteiger partial charge in [0.15, 0.2) is 22.4 Å². The zero-order valence-electron chi connectivity index (χ0n) is 19.9. The molecule has 1 N–H and O–H groups in total. The van der Waals surface area contributed by atoms with Crippen molar-refractivity contribution >= 4 is 57.6 Å². The molecule has 36 heavy (non-hydrogen) atoms. The quantitative estimate of drug-likeness (QED) is 0.313. The SMILES string of the molecule is COc1ccc(N2C(=O)/C(=C/c3ccc(OCC(=O)Nc4ccc(C)cc4)c(OC)c3)SC2=S)cc1. The van der Waals surface area contributed by atoms with E-state index in [1.165, 1.54) is 23.8 Å². The normalized spacial score (nSPS) is 14.2.